The zero-order valence-electron chi connectivity index (χ0n) is 10.4. The quantitative estimate of drug-likeness (QED) is 0.845. The smallest absolute Gasteiger partial charge is 0.377 e. The summed E-state index contributed by atoms with van der Waals surface area (Å²) >= 11 is 0. The molecular weight excluding hydrogens is 253 g/mol. The minimum Gasteiger partial charge on any atom is -0.463 e. The predicted octanol–water partition coefficient (Wildman–Crippen LogP) is 1.25. The lowest BCUT2D eigenvalue weighted by Gasteiger charge is -2.07. The lowest BCUT2D eigenvalue weighted by atomic mass is 10.1. The van der Waals surface area contributed by atoms with Gasteiger partial charge in [-0.25, -0.2) is 18.9 Å². The number of benzene rings is 1. The molecule has 0 radical (unpaired) electrons. The number of nitrogens with zero attached hydrogens (tertiary/aromatic N) is 3. The zero-order chi connectivity index (χ0) is 14.0. The molecule has 7 heteroatoms. The van der Waals surface area contributed by atoms with Crippen molar-refractivity contribution in [3.63, 3.8) is 0 Å². The fraction of sp³-hybridized carbons (Fsp3) is 0.250. The van der Waals surface area contributed by atoms with Crippen molar-refractivity contribution in [3.05, 3.63) is 41.7 Å². The maximum Gasteiger partial charge on any atom is 0.377 e. The molecule has 100 valence electrons. The molecule has 0 saturated heterocycles. The molecule has 0 spiro atoms. The number of hydrogen-bond acceptors (Lipinski definition) is 5. The summed E-state index contributed by atoms with van der Waals surface area (Å²) in [5, 5.41) is 13.2. The van der Waals surface area contributed by atoms with Crippen LogP contribution in [0.1, 0.15) is 29.2 Å². The van der Waals surface area contributed by atoms with Gasteiger partial charge in [0, 0.05) is 0 Å². The number of methoxy groups -OCH3 is 1. The van der Waals surface area contributed by atoms with Crippen LogP contribution in [0.4, 0.5) is 4.39 Å². The highest BCUT2D eigenvalue weighted by Gasteiger charge is 2.14. The first-order chi connectivity index (χ1) is 9.02. The van der Waals surface area contributed by atoms with Crippen LogP contribution in [0.5, 0.6) is 0 Å². The second-order valence-electron chi connectivity index (χ2n) is 3.89. The first kappa shape index (κ1) is 13.2. The number of esters is 1. The Morgan fingerprint density at radius 2 is 2.26 bits per heavy atom. The SMILES string of the molecule is COC(=O)c1ncn(-c2ccc([C@H](C)O)cc2F)n1. The van der Waals surface area contributed by atoms with Crippen LogP contribution in [0.3, 0.4) is 0 Å². The lowest BCUT2D eigenvalue weighted by molar-refractivity contribution is 0.0587. The van der Waals surface area contributed by atoms with Crippen molar-refractivity contribution in [2.24, 2.45) is 0 Å². The third-order valence-electron chi connectivity index (χ3n) is 2.56. The van der Waals surface area contributed by atoms with E-state index < -0.39 is 17.9 Å². The number of halogens is 1. The number of carbonyl (C=O) groups is 1. The lowest BCUT2D eigenvalue weighted by Crippen LogP contribution is -2.06. The molecule has 1 heterocycles. The molecule has 0 aliphatic heterocycles. The summed E-state index contributed by atoms with van der Waals surface area (Å²) in [4.78, 5) is 14.9. The van der Waals surface area contributed by atoms with E-state index in [-0.39, 0.29) is 11.5 Å². The highest BCUT2D eigenvalue weighted by Crippen LogP contribution is 2.18. The van der Waals surface area contributed by atoms with Crippen molar-refractivity contribution >= 4 is 5.97 Å². The summed E-state index contributed by atoms with van der Waals surface area (Å²) in [7, 11) is 1.21. The van der Waals surface area contributed by atoms with Gasteiger partial charge >= 0.3 is 5.97 Å². The molecule has 2 aromatic rings. The average molecular weight is 265 g/mol. The molecule has 0 amide bonds. The monoisotopic (exact) mass is 265 g/mol. The molecule has 1 N–H and O–H groups in total. The van der Waals surface area contributed by atoms with E-state index in [1.165, 1.54) is 25.6 Å². The summed E-state index contributed by atoms with van der Waals surface area (Å²) in [6, 6.07) is 4.23. The van der Waals surface area contributed by atoms with Crippen LogP contribution in [0.2, 0.25) is 0 Å². The third-order valence-corrected chi connectivity index (χ3v) is 2.56. The molecule has 6 nitrogen and oxygen atoms in total. The van der Waals surface area contributed by atoms with E-state index >= 15 is 0 Å². The first-order valence-electron chi connectivity index (χ1n) is 5.50. The van der Waals surface area contributed by atoms with Gasteiger partial charge in [-0.2, -0.15) is 0 Å². The number of aromatic nitrogens is 3. The standard InChI is InChI=1S/C12H12FN3O3/c1-7(17)8-3-4-10(9(13)5-8)16-6-14-11(15-16)12(18)19-2/h3-7,17H,1-2H3/t7-/m0/s1. The number of rotatable bonds is 3. The van der Waals surface area contributed by atoms with Gasteiger partial charge in [-0.3, -0.25) is 0 Å². The van der Waals surface area contributed by atoms with Crippen molar-refractivity contribution in [3.8, 4) is 5.69 Å². The molecule has 2 rings (SSSR count). The number of aliphatic hydroxyl groups excluding tert-OH is 1. The Morgan fingerprint density at radius 1 is 1.53 bits per heavy atom. The molecule has 1 aromatic heterocycles. The Hall–Kier alpha value is -2.28. The van der Waals surface area contributed by atoms with Gasteiger partial charge < -0.3 is 9.84 Å². The van der Waals surface area contributed by atoms with Crippen LogP contribution >= 0.6 is 0 Å². The van der Waals surface area contributed by atoms with Crippen LogP contribution in [0.15, 0.2) is 24.5 Å². The minimum absolute atomic E-state index is 0.132. The molecule has 19 heavy (non-hydrogen) atoms. The molecular formula is C12H12FN3O3. The number of hydrogen-bond donors (Lipinski definition) is 1. The van der Waals surface area contributed by atoms with Gasteiger partial charge in [0.15, 0.2) is 0 Å². The fourth-order valence-electron chi connectivity index (χ4n) is 1.53. The summed E-state index contributed by atoms with van der Waals surface area (Å²) in [6.45, 7) is 1.54. The van der Waals surface area contributed by atoms with E-state index in [0.29, 0.717) is 5.56 Å². The van der Waals surface area contributed by atoms with Crippen LogP contribution in [0, 0.1) is 5.82 Å². The number of carbonyl (C=O) groups excluding carboxylic acids is 1. The van der Waals surface area contributed by atoms with E-state index in [1.807, 2.05) is 0 Å². The topological polar surface area (TPSA) is 77.2 Å². The summed E-state index contributed by atoms with van der Waals surface area (Å²) in [6.07, 6.45) is 0.456. The molecule has 0 unspecified atom stereocenters. The number of aliphatic hydroxyl groups is 1. The Labute approximate surface area is 108 Å². The normalized spacial score (nSPS) is 12.2. The molecule has 0 aliphatic carbocycles. The minimum atomic E-state index is -0.759. The Balaban J connectivity index is 2.37. The number of ether oxygens (including phenoxy) is 1. The predicted molar refractivity (Wildman–Crippen MR) is 63.3 cm³/mol. The van der Waals surface area contributed by atoms with Crippen LogP contribution in [-0.2, 0) is 4.74 Å². The summed E-state index contributed by atoms with van der Waals surface area (Å²) in [5.74, 6) is -1.42. The van der Waals surface area contributed by atoms with Gasteiger partial charge in [0.25, 0.3) is 5.82 Å². The molecule has 0 bridgehead atoms. The van der Waals surface area contributed by atoms with Gasteiger partial charge in [-0.1, -0.05) is 6.07 Å². The van der Waals surface area contributed by atoms with E-state index in [1.54, 1.807) is 13.0 Å². The largest absolute Gasteiger partial charge is 0.463 e. The van der Waals surface area contributed by atoms with Gasteiger partial charge in [-0.15, -0.1) is 5.10 Å². The second-order valence-corrected chi connectivity index (χ2v) is 3.89. The van der Waals surface area contributed by atoms with E-state index in [4.69, 9.17) is 0 Å². The van der Waals surface area contributed by atoms with Crippen LogP contribution < -0.4 is 0 Å². The zero-order valence-corrected chi connectivity index (χ0v) is 10.4. The van der Waals surface area contributed by atoms with E-state index in [2.05, 4.69) is 14.8 Å². The van der Waals surface area contributed by atoms with Gasteiger partial charge in [-0.05, 0) is 24.6 Å². The third kappa shape index (κ3) is 2.60. The maximum atomic E-state index is 13.9. The van der Waals surface area contributed by atoms with Crippen molar-refractivity contribution < 1.29 is 19.0 Å². The Bertz CT molecular complexity index is 610. The van der Waals surface area contributed by atoms with E-state index in [0.717, 1.165) is 4.68 Å². The van der Waals surface area contributed by atoms with E-state index in [9.17, 15) is 14.3 Å². The summed E-state index contributed by atoms with van der Waals surface area (Å²) < 4.78 is 19.5. The second kappa shape index (κ2) is 5.15. The fourth-order valence-corrected chi connectivity index (χ4v) is 1.53. The van der Waals surface area contributed by atoms with Crippen molar-refractivity contribution in [1.29, 1.82) is 0 Å². The van der Waals surface area contributed by atoms with Crippen molar-refractivity contribution in [1.82, 2.24) is 14.8 Å². The highest BCUT2D eigenvalue weighted by atomic mass is 19.1. The van der Waals surface area contributed by atoms with Gasteiger partial charge in [0.1, 0.15) is 17.8 Å². The van der Waals surface area contributed by atoms with Crippen LogP contribution in [-0.4, -0.2) is 33.0 Å². The molecule has 0 aliphatic rings. The summed E-state index contributed by atoms with van der Waals surface area (Å²) in [5.41, 5.74) is 0.585. The molecule has 1 aromatic carbocycles. The van der Waals surface area contributed by atoms with Crippen molar-refractivity contribution in [2.75, 3.05) is 7.11 Å². The van der Waals surface area contributed by atoms with Crippen molar-refractivity contribution in [2.45, 2.75) is 13.0 Å². The van der Waals surface area contributed by atoms with Crippen LogP contribution in [0.25, 0.3) is 5.69 Å². The van der Waals surface area contributed by atoms with Gasteiger partial charge in [0.2, 0.25) is 0 Å². The van der Waals surface area contributed by atoms with Gasteiger partial charge in [0.05, 0.1) is 13.2 Å². The average Bonchev–Trinajstić information content (AvgIpc) is 2.87. The highest BCUT2D eigenvalue weighted by molar-refractivity contribution is 5.84. The Morgan fingerprint density at radius 3 is 2.84 bits per heavy atom. The molecule has 0 saturated carbocycles. The maximum absolute atomic E-state index is 13.9. The Kier molecular flexibility index (Phi) is 3.57. The molecule has 0 fully saturated rings. The first-order valence-corrected chi connectivity index (χ1v) is 5.50. The molecule has 1 atom stereocenters.